The van der Waals surface area contributed by atoms with Gasteiger partial charge in [-0.3, -0.25) is 5.32 Å². The van der Waals surface area contributed by atoms with E-state index in [9.17, 15) is 4.79 Å². The predicted octanol–water partition coefficient (Wildman–Crippen LogP) is 10.5. The normalized spacial score (nSPS) is 10.8. The van der Waals surface area contributed by atoms with Crippen molar-refractivity contribution in [2.45, 2.75) is 123 Å². The number of benzene rings is 2. The van der Waals surface area contributed by atoms with Crippen LogP contribution in [0.5, 0.6) is 11.5 Å². The van der Waals surface area contributed by atoms with Gasteiger partial charge in [0.15, 0.2) is 11.5 Å². The minimum atomic E-state index is -0.504. The van der Waals surface area contributed by atoms with Gasteiger partial charge >= 0.3 is 6.09 Å². The largest absolute Gasteiger partial charge is 0.490 e. The van der Waals surface area contributed by atoms with Gasteiger partial charge in [-0.25, -0.2) is 4.79 Å². The molecule has 1 N–H and O–H groups in total. The van der Waals surface area contributed by atoms with E-state index in [-0.39, 0.29) is 6.61 Å². The zero-order valence-electron chi connectivity index (χ0n) is 24.7. The lowest BCUT2D eigenvalue weighted by Crippen LogP contribution is -2.15. The number of unbranched alkanes of at least 4 members (excludes halogenated alkanes) is 14. The molecule has 0 aliphatic heterocycles. The highest BCUT2D eigenvalue weighted by molar-refractivity contribution is 5.87. The van der Waals surface area contributed by atoms with Crippen molar-refractivity contribution in [2.24, 2.45) is 0 Å². The minimum Gasteiger partial charge on any atom is -0.490 e. The molecule has 0 spiro atoms. The van der Waals surface area contributed by atoms with Gasteiger partial charge in [0.05, 0.1) is 18.9 Å². The van der Waals surface area contributed by atoms with Crippen LogP contribution in [0.1, 0.15) is 122 Å². The molecule has 0 heterocycles. The van der Waals surface area contributed by atoms with Crippen molar-refractivity contribution in [1.29, 1.82) is 0 Å². The molecule has 0 radical (unpaired) electrons. The van der Waals surface area contributed by atoms with Gasteiger partial charge in [0.1, 0.15) is 6.61 Å². The number of hydrogen-bond acceptors (Lipinski definition) is 4. The van der Waals surface area contributed by atoms with E-state index >= 15 is 0 Å². The Labute approximate surface area is 238 Å². The first-order chi connectivity index (χ1) is 19.2. The molecular weight excluding hydrogens is 486 g/mol. The molecule has 0 bridgehead atoms. The Kier molecular flexibility index (Phi) is 18.5. The third-order valence-electron chi connectivity index (χ3n) is 6.93. The molecule has 0 unspecified atom stereocenters. The van der Waals surface area contributed by atoms with Crippen LogP contribution in [-0.4, -0.2) is 19.3 Å². The smallest absolute Gasteiger partial charge is 0.412 e. The summed E-state index contributed by atoms with van der Waals surface area (Å²) in [6, 6.07) is 15.3. The monoisotopic (exact) mass is 539 g/mol. The highest BCUT2D eigenvalue weighted by Crippen LogP contribution is 2.36. The highest BCUT2D eigenvalue weighted by atomic mass is 16.5. The molecule has 1 amide bonds. The summed E-state index contributed by atoms with van der Waals surface area (Å²) in [7, 11) is 0. The Morgan fingerprint density at radius 2 is 1.15 bits per heavy atom. The lowest BCUT2D eigenvalue weighted by atomic mass is 10.1. The van der Waals surface area contributed by atoms with Crippen LogP contribution in [0.3, 0.4) is 0 Å². The van der Waals surface area contributed by atoms with Crippen LogP contribution in [0.15, 0.2) is 48.5 Å². The molecule has 5 heteroatoms. The minimum absolute atomic E-state index is 0.218. The Morgan fingerprint density at radius 3 is 1.74 bits per heavy atom. The number of anilines is 1. The van der Waals surface area contributed by atoms with Crippen molar-refractivity contribution >= 4 is 11.8 Å². The lowest BCUT2D eigenvalue weighted by Gasteiger charge is -2.17. The van der Waals surface area contributed by atoms with Gasteiger partial charge in [-0.1, -0.05) is 140 Å². The van der Waals surface area contributed by atoms with Crippen LogP contribution in [-0.2, 0) is 11.3 Å². The van der Waals surface area contributed by atoms with E-state index in [2.05, 4.69) is 19.2 Å². The number of carbonyl (C=O) groups is 1. The molecule has 0 saturated heterocycles. The van der Waals surface area contributed by atoms with Crippen LogP contribution >= 0.6 is 0 Å². The third kappa shape index (κ3) is 15.5. The van der Waals surface area contributed by atoms with E-state index in [0.29, 0.717) is 30.4 Å². The SMILES string of the molecule is CCCCCCCCCCOc1cccc(NC(=O)OCc2ccccc2)c1OCCCCCCCCCC. The standard InChI is InChI=1S/C34H53NO4/c1-3-5-7-9-11-13-15-20-27-37-32-26-22-25-31(35-34(36)39-29-30-23-18-17-19-24-30)33(32)38-28-21-16-14-12-10-8-6-4-2/h17-19,22-26H,3-16,20-21,27-29H2,1-2H3,(H,35,36). The molecule has 0 saturated carbocycles. The third-order valence-corrected chi connectivity index (χ3v) is 6.93. The maximum Gasteiger partial charge on any atom is 0.412 e. The van der Waals surface area contributed by atoms with Crippen LogP contribution < -0.4 is 14.8 Å². The van der Waals surface area contributed by atoms with E-state index in [1.165, 1.54) is 83.5 Å². The number of para-hydroxylation sites is 1. The summed E-state index contributed by atoms with van der Waals surface area (Å²) in [6.07, 6.45) is 19.5. The Morgan fingerprint density at radius 1 is 0.615 bits per heavy atom. The van der Waals surface area contributed by atoms with Crippen molar-refractivity contribution in [3.63, 3.8) is 0 Å². The molecule has 5 nitrogen and oxygen atoms in total. The van der Waals surface area contributed by atoms with E-state index < -0.39 is 6.09 Å². The molecular formula is C34H53NO4. The number of rotatable bonds is 23. The number of carbonyl (C=O) groups excluding carboxylic acids is 1. The van der Waals surface area contributed by atoms with Crippen molar-refractivity contribution in [2.75, 3.05) is 18.5 Å². The summed E-state index contributed by atoms with van der Waals surface area (Å²) in [5, 5.41) is 2.87. The van der Waals surface area contributed by atoms with Crippen molar-refractivity contribution in [3.05, 3.63) is 54.1 Å². The topological polar surface area (TPSA) is 56.8 Å². The summed E-state index contributed by atoms with van der Waals surface area (Å²) in [6.45, 7) is 5.96. The van der Waals surface area contributed by atoms with Crippen molar-refractivity contribution < 1.29 is 19.0 Å². The van der Waals surface area contributed by atoms with Gasteiger partial charge in [0.2, 0.25) is 0 Å². The Bertz CT molecular complexity index is 871. The fourth-order valence-electron chi connectivity index (χ4n) is 4.57. The van der Waals surface area contributed by atoms with Crippen LogP contribution in [0.25, 0.3) is 0 Å². The Hall–Kier alpha value is -2.69. The van der Waals surface area contributed by atoms with Gasteiger partial charge in [0, 0.05) is 0 Å². The maximum atomic E-state index is 12.6. The van der Waals surface area contributed by atoms with Gasteiger partial charge in [-0.2, -0.15) is 0 Å². The van der Waals surface area contributed by atoms with E-state index in [1.807, 2.05) is 48.5 Å². The molecule has 2 aromatic carbocycles. The Balaban J connectivity index is 1.85. The molecule has 39 heavy (non-hydrogen) atoms. The average Bonchev–Trinajstić information content (AvgIpc) is 2.96. The molecule has 0 aromatic heterocycles. The molecule has 0 fully saturated rings. The summed E-state index contributed by atoms with van der Waals surface area (Å²) < 4.78 is 17.8. The van der Waals surface area contributed by atoms with E-state index in [1.54, 1.807) is 0 Å². The molecule has 0 aliphatic rings. The lowest BCUT2D eigenvalue weighted by molar-refractivity contribution is 0.155. The molecule has 2 aromatic rings. The number of hydrogen-bond donors (Lipinski definition) is 1. The molecule has 0 atom stereocenters. The zero-order chi connectivity index (χ0) is 27.8. The fraction of sp³-hybridized carbons (Fsp3) is 0.618. The van der Waals surface area contributed by atoms with Gasteiger partial charge in [-0.15, -0.1) is 0 Å². The quantitative estimate of drug-likeness (QED) is 0.143. The predicted molar refractivity (Wildman–Crippen MR) is 163 cm³/mol. The van der Waals surface area contributed by atoms with Gasteiger partial charge in [0.25, 0.3) is 0 Å². The van der Waals surface area contributed by atoms with Crippen molar-refractivity contribution in [3.8, 4) is 11.5 Å². The van der Waals surface area contributed by atoms with E-state index in [4.69, 9.17) is 14.2 Å². The number of amides is 1. The number of ether oxygens (including phenoxy) is 3. The first-order valence-electron chi connectivity index (χ1n) is 15.6. The second-order valence-corrected chi connectivity index (χ2v) is 10.5. The fourth-order valence-corrected chi connectivity index (χ4v) is 4.57. The summed E-state index contributed by atoms with van der Waals surface area (Å²) in [5.41, 5.74) is 1.53. The van der Waals surface area contributed by atoms with Crippen LogP contribution in [0, 0.1) is 0 Å². The zero-order valence-corrected chi connectivity index (χ0v) is 24.7. The van der Waals surface area contributed by atoms with Crippen LogP contribution in [0.2, 0.25) is 0 Å². The van der Waals surface area contributed by atoms with Gasteiger partial charge in [-0.05, 0) is 30.5 Å². The number of nitrogens with one attached hydrogen (secondary N) is 1. The summed E-state index contributed by atoms with van der Waals surface area (Å²) in [4.78, 5) is 12.6. The molecule has 2 rings (SSSR count). The average molecular weight is 540 g/mol. The summed E-state index contributed by atoms with van der Waals surface area (Å²) >= 11 is 0. The highest BCUT2D eigenvalue weighted by Gasteiger charge is 2.15. The first kappa shape index (κ1) is 32.5. The molecule has 0 aliphatic carbocycles. The van der Waals surface area contributed by atoms with Gasteiger partial charge < -0.3 is 14.2 Å². The van der Waals surface area contributed by atoms with E-state index in [0.717, 1.165) is 24.8 Å². The second kappa shape index (κ2) is 22.2. The second-order valence-electron chi connectivity index (χ2n) is 10.5. The maximum absolute atomic E-state index is 12.6. The molecule has 218 valence electrons. The first-order valence-corrected chi connectivity index (χ1v) is 15.6. The summed E-state index contributed by atoms with van der Waals surface area (Å²) in [5.74, 6) is 1.27. The van der Waals surface area contributed by atoms with Crippen LogP contribution in [0.4, 0.5) is 10.5 Å². The van der Waals surface area contributed by atoms with Crippen molar-refractivity contribution in [1.82, 2.24) is 0 Å².